The van der Waals surface area contributed by atoms with Crippen LogP contribution in [-0.2, 0) is 13.0 Å². The van der Waals surface area contributed by atoms with E-state index in [4.69, 9.17) is 11.6 Å². The van der Waals surface area contributed by atoms with Gasteiger partial charge in [-0.2, -0.15) is 0 Å². The molecule has 0 saturated carbocycles. The minimum atomic E-state index is -0.0430. The third-order valence-corrected chi connectivity index (χ3v) is 8.45. The third-order valence-electron chi connectivity index (χ3n) is 8.20. The molecule has 1 fully saturated rings. The highest BCUT2D eigenvalue weighted by molar-refractivity contribution is 6.30. The quantitative estimate of drug-likeness (QED) is 0.152. The molecule has 1 saturated heterocycles. The van der Waals surface area contributed by atoms with Crippen molar-refractivity contribution in [3.05, 3.63) is 106 Å². The summed E-state index contributed by atoms with van der Waals surface area (Å²) >= 11 is 6.02. The van der Waals surface area contributed by atoms with Crippen molar-refractivity contribution in [3.63, 3.8) is 0 Å². The molecule has 4 rings (SSSR count). The maximum atomic E-state index is 14.0. The van der Waals surface area contributed by atoms with Gasteiger partial charge in [0, 0.05) is 47.4 Å². The van der Waals surface area contributed by atoms with Crippen LogP contribution in [-0.4, -0.2) is 47.2 Å². The van der Waals surface area contributed by atoms with Gasteiger partial charge in [-0.15, -0.1) is 0 Å². The van der Waals surface area contributed by atoms with Crippen molar-refractivity contribution in [2.45, 2.75) is 78.3 Å². The lowest BCUT2D eigenvalue weighted by molar-refractivity contribution is 0.0546. The molecule has 0 bridgehead atoms. The molecule has 1 aliphatic heterocycles. The van der Waals surface area contributed by atoms with E-state index < -0.39 is 0 Å². The van der Waals surface area contributed by atoms with Gasteiger partial charge >= 0.3 is 0 Å². The van der Waals surface area contributed by atoms with Crippen LogP contribution in [0.4, 0.5) is 0 Å². The second kappa shape index (κ2) is 15.3. The number of piperidine rings is 1. The Morgan fingerprint density at radius 3 is 2.22 bits per heavy atom. The van der Waals surface area contributed by atoms with Gasteiger partial charge in [-0.3, -0.25) is 9.59 Å². The summed E-state index contributed by atoms with van der Waals surface area (Å²) in [4.78, 5) is 31.8. The van der Waals surface area contributed by atoms with Crippen LogP contribution >= 0.6 is 11.6 Å². The van der Waals surface area contributed by atoms with E-state index in [1.807, 2.05) is 36.4 Å². The molecule has 41 heavy (non-hydrogen) atoms. The van der Waals surface area contributed by atoms with E-state index in [2.05, 4.69) is 42.7 Å². The molecule has 0 aromatic heterocycles. The average molecular weight is 573 g/mol. The van der Waals surface area contributed by atoms with Gasteiger partial charge < -0.3 is 9.80 Å². The number of hydrogen-bond donors (Lipinski definition) is 0. The summed E-state index contributed by atoms with van der Waals surface area (Å²) in [7, 11) is 0. The molecular formula is C36H45ClN2O2. The molecule has 0 unspecified atom stereocenters. The summed E-state index contributed by atoms with van der Waals surface area (Å²) in [5.74, 6) is 0.720. The van der Waals surface area contributed by atoms with Gasteiger partial charge in [0.05, 0.1) is 0 Å². The van der Waals surface area contributed by atoms with E-state index in [-0.39, 0.29) is 17.7 Å². The normalized spacial score (nSPS) is 14.4. The summed E-state index contributed by atoms with van der Waals surface area (Å²) in [6.45, 7) is 10.4. The maximum Gasteiger partial charge on any atom is 0.254 e. The minimum absolute atomic E-state index is 0.0430. The van der Waals surface area contributed by atoms with Crippen LogP contribution in [0.2, 0.25) is 5.02 Å². The highest BCUT2D eigenvalue weighted by atomic mass is 35.5. The molecule has 1 amide bonds. The maximum absolute atomic E-state index is 14.0. The lowest BCUT2D eigenvalue weighted by Gasteiger charge is -2.39. The lowest BCUT2D eigenvalue weighted by atomic mass is 9.98. The summed E-state index contributed by atoms with van der Waals surface area (Å²) in [6.07, 6.45) is 7.78. The number of hydrogen-bond acceptors (Lipinski definition) is 3. The summed E-state index contributed by atoms with van der Waals surface area (Å²) in [6, 6.07) is 23.1. The van der Waals surface area contributed by atoms with E-state index in [0.29, 0.717) is 28.6 Å². The fourth-order valence-electron chi connectivity index (χ4n) is 5.60. The first kappa shape index (κ1) is 31.0. The molecule has 4 nitrogen and oxygen atoms in total. The number of amides is 1. The van der Waals surface area contributed by atoms with Gasteiger partial charge in [0.2, 0.25) is 0 Å². The van der Waals surface area contributed by atoms with Gasteiger partial charge in [-0.1, -0.05) is 75.5 Å². The van der Waals surface area contributed by atoms with Crippen LogP contribution in [0.3, 0.4) is 0 Å². The minimum Gasteiger partial charge on any atom is -0.331 e. The number of aryl methyl sites for hydroxylation is 1. The smallest absolute Gasteiger partial charge is 0.254 e. The summed E-state index contributed by atoms with van der Waals surface area (Å²) in [5.41, 5.74) is 4.22. The predicted octanol–water partition coefficient (Wildman–Crippen LogP) is 8.46. The van der Waals surface area contributed by atoms with Crippen molar-refractivity contribution in [2.75, 3.05) is 19.6 Å². The van der Waals surface area contributed by atoms with E-state index in [9.17, 15) is 9.59 Å². The Morgan fingerprint density at radius 1 is 0.878 bits per heavy atom. The molecular weight excluding hydrogens is 528 g/mol. The van der Waals surface area contributed by atoms with Gasteiger partial charge in [-0.05, 0) is 98.2 Å². The average Bonchev–Trinajstić information content (AvgIpc) is 2.99. The number of carbonyl (C=O) groups is 2. The molecule has 0 atom stereocenters. The summed E-state index contributed by atoms with van der Waals surface area (Å²) in [5, 5.41) is 0.605. The van der Waals surface area contributed by atoms with Gasteiger partial charge in [-0.25, -0.2) is 0 Å². The number of ketones is 1. The lowest BCUT2D eigenvalue weighted by Crippen LogP contribution is -2.47. The molecule has 1 aliphatic rings. The van der Waals surface area contributed by atoms with Crippen molar-refractivity contribution < 1.29 is 9.59 Å². The molecule has 0 aliphatic carbocycles. The Bertz CT molecular complexity index is 1260. The van der Waals surface area contributed by atoms with E-state index in [0.717, 1.165) is 50.0 Å². The molecule has 218 valence electrons. The Hall–Kier alpha value is -2.95. The van der Waals surface area contributed by atoms with Crippen LogP contribution in [0, 0.1) is 5.92 Å². The van der Waals surface area contributed by atoms with E-state index in [1.54, 1.807) is 24.3 Å². The summed E-state index contributed by atoms with van der Waals surface area (Å²) < 4.78 is 0. The second-order valence-electron chi connectivity index (χ2n) is 11.9. The predicted molar refractivity (Wildman–Crippen MR) is 170 cm³/mol. The van der Waals surface area contributed by atoms with Crippen molar-refractivity contribution in [1.82, 2.24) is 9.80 Å². The molecule has 3 aromatic rings. The molecule has 3 aromatic carbocycles. The zero-order valence-electron chi connectivity index (χ0n) is 24.9. The first-order valence-corrected chi connectivity index (χ1v) is 15.7. The number of likely N-dealkylation sites (tertiary alicyclic amines) is 1. The fraction of sp³-hybridized carbons (Fsp3) is 0.444. The Balaban J connectivity index is 1.52. The molecule has 1 heterocycles. The zero-order valence-corrected chi connectivity index (χ0v) is 25.7. The van der Waals surface area contributed by atoms with Crippen LogP contribution in [0.15, 0.2) is 72.8 Å². The molecule has 0 spiro atoms. The van der Waals surface area contributed by atoms with Gasteiger partial charge in [0.25, 0.3) is 5.91 Å². The van der Waals surface area contributed by atoms with Crippen molar-refractivity contribution in [3.8, 4) is 0 Å². The van der Waals surface area contributed by atoms with E-state index in [1.165, 1.54) is 31.2 Å². The van der Waals surface area contributed by atoms with Crippen LogP contribution in [0.1, 0.15) is 96.7 Å². The monoisotopic (exact) mass is 572 g/mol. The first-order chi connectivity index (χ1) is 19.8. The Kier molecular flexibility index (Phi) is 11.6. The molecule has 5 heteroatoms. The highest BCUT2D eigenvalue weighted by Crippen LogP contribution is 2.24. The SMILES string of the molecule is CCCCCc1ccc(C(=O)N(Cc2cccc(C(=O)c3ccc(Cl)cc3)c2)C2CCN(CCC(C)C)CC2)cc1. The Morgan fingerprint density at radius 2 is 1.56 bits per heavy atom. The van der Waals surface area contributed by atoms with Crippen LogP contribution < -0.4 is 0 Å². The number of nitrogens with zero attached hydrogens (tertiary/aromatic N) is 2. The number of rotatable bonds is 13. The van der Waals surface area contributed by atoms with Gasteiger partial charge in [0.1, 0.15) is 0 Å². The second-order valence-corrected chi connectivity index (χ2v) is 12.3. The fourth-order valence-corrected chi connectivity index (χ4v) is 5.72. The van der Waals surface area contributed by atoms with Crippen LogP contribution in [0.25, 0.3) is 0 Å². The third kappa shape index (κ3) is 9.02. The van der Waals surface area contributed by atoms with Gasteiger partial charge in [0.15, 0.2) is 5.78 Å². The number of carbonyl (C=O) groups excluding carboxylic acids is 2. The topological polar surface area (TPSA) is 40.6 Å². The molecule has 0 radical (unpaired) electrons. The first-order valence-electron chi connectivity index (χ1n) is 15.4. The Labute approximate surface area is 251 Å². The number of benzene rings is 3. The van der Waals surface area contributed by atoms with Crippen molar-refractivity contribution >= 4 is 23.3 Å². The zero-order chi connectivity index (χ0) is 29.2. The number of unbranched alkanes of at least 4 members (excludes halogenated alkanes) is 2. The standard InChI is InChI=1S/C36H45ClN2O2/c1-4-5-6-8-28-11-13-31(14-12-28)36(41)39(34-20-23-38(24-21-34)22-19-27(2)3)26-29-9-7-10-32(25-29)35(40)30-15-17-33(37)18-16-30/h7,9-18,25,27,34H,4-6,8,19-24,26H2,1-3H3. The highest BCUT2D eigenvalue weighted by Gasteiger charge is 2.29. The number of halogens is 1. The van der Waals surface area contributed by atoms with Crippen LogP contribution in [0.5, 0.6) is 0 Å². The van der Waals surface area contributed by atoms with E-state index >= 15 is 0 Å². The largest absolute Gasteiger partial charge is 0.331 e. The molecule has 0 N–H and O–H groups in total. The van der Waals surface area contributed by atoms with Crippen molar-refractivity contribution in [1.29, 1.82) is 0 Å². The van der Waals surface area contributed by atoms with Crippen molar-refractivity contribution in [2.24, 2.45) is 5.92 Å².